The van der Waals surface area contributed by atoms with Crippen LogP contribution in [0.2, 0.25) is 0 Å². The summed E-state index contributed by atoms with van der Waals surface area (Å²) in [6.45, 7) is 6.21. The van der Waals surface area contributed by atoms with E-state index >= 15 is 0 Å². The van der Waals surface area contributed by atoms with E-state index in [1.165, 1.54) is 6.42 Å². The molecule has 1 aliphatic carbocycles. The van der Waals surface area contributed by atoms with Gasteiger partial charge in [-0.1, -0.05) is 19.3 Å². The highest BCUT2D eigenvalue weighted by Crippen LogP contribution is 2.24. The Labute approximate surface area is 130 Å². The van der Waals surface area contributed by atoms with E-state index in [1.807, 2.05) is 0 Å². The Morgan fingerprint density at radius 1 is 1.41 bits per heavy atom. The Hall–Kier alpha value is -1.63. The van der Waals surface area contributed by atoms with E-state index in [9.17, 15) is 4.79 Å². The van der Waals surface area contributed by atoms with Crippen LogP contribution in [0.4, 0.5) is 5.88 Å². The number of amides is 1. The molecule has 1 amide bonds. The highest BCUT2D eigenvalue weighted by atomic mass is 16.5. The fourth-order valence-corrected chi connectivity index (χ4v) is 3.22. The van der Waals surface area contributed by atoms with Crippen LogP contribution in [0, 0.1) is 5.92 Å². The summed E-state index contributed by atoms with van der Waals surface area (Å²) < 4.78 is 10.8. The number of morpholine rings is 1. The van der Waals surface area contributed by atoms with Crippen molar-refractivity contribution in [1.29, 1.82) is 0 Å². The van der Waals surface area contributed by atoms with Gasteiger partial charge in [0.25, 0.3) is 6.20 Å². The van der Waals surface area contributed by atoms with E-state index in [4.69, 9.17) is 9.26 Å². The molecule has 0 aromatic carbocycles. The van der Waals surface area contributed by atoms with Gasteiger partial charge in [0.1, 0.15) is 12.1 Å². The Morgan fingerprint density at radius 3 is 2.91 bits per heavy atom. The minimum atomic E-state index is -0.162. The van der Waals surface area contributed by atoms with E-state index in [0.29, 0.717) is 19.1 Å². The third-order valence-electron chi connectivity index (χ3n) is 4.53. The van der Waals surface area contributed by atoms with Crippen LogP contribution in [0.25, 0.3) is 0 Å². The zero-order chi connectivity index (χ0) is 15.6. The van der Waals surface area contributed by atoms with Crippen LogP contribution in [-0.2, 0) is 9.53 Å². The first-order valence-electron chi connectivity index (χ1n) is 8.11. The molecule has 0 radical (unpaired) electrons. The van der Waals surface area contributed by atoms with Gasteiger partial charge in [-0.3, -0.25) is 14.6 Å². The lowest BCUT2D eigenvalue weighted by molar-refractivity contribution is -0.767. The van der Waals surface area contributed by atoms with Crippen molar-refractivity contribution in [2.45, 2.75) is 51.5 Å². The van der Waals surface area contributed by atoms with Gasteiger partial charge in [0.2, 0.25) is 11.2 Å². The van der Waals surface area contributed by atoms with Crippen LogP contribution in [0.3, 0.4) is 0 Å². The van der Waals surface area contributed by atoms with Gasteiger partial charge >= 0.3 is 5.88 Å². The van der Waals surface area contributed by atoms with Crippen LogP contribution in [0.15, 0.2) is 10.7 Å². The topological polar surface area (TPSA) is 71.5 Å². The van der Waals surface area contributed by atoms with Crippen molar-refractivity contribution in [2.75, 3.05) is 30.1 Å². The number of hydrogen-bond donors (Lipinski definition) is 1. The average molecular weight is 309 g/mol. The summed E-state index contributed by atoms with van der Waals surface area (Å²) in [5, 5.41) is 8.96. The number of carbonyl (C=O) groups excluding carboxylic acids is 1. The molecular formula is C15H25N4O3+. The fourth-order valence-electron chi connectivity index (χ4n) is 3.22. The predicted octanol–water partition coefficient (Wildman–Crippen LogP) is 1.23. The standard InChI is InChI=1S/C15H24N4O3/c1-15(2)11-21-9-8-18(15)19-10-13(22-17-19)16-14(20)12-6-4-3-5-7-12/h10,12H,3-9,11H2,1-2H3/p+1. The summed E-state index contributed by atoms with van der Waals surface area (Å²) in [7, 11) is 0. The molecule has 1 N–H and O–H groups in total. The first-order valence-corrected chi connectivity index (χ1v) is 8.11. The van der Waals surface area contributed by atoms with Crippen LogP contribution < -0.4 is 15.1 Å². The largest absolute Gasteiger partial charge is 0.377 e. The fraction of sp³-hybridized carbons (Fsp3) is 0.800. The Kier molecular flexibility index (Phi) is 4.33. The second-order valence-electron chi connectivity index (χ2n) is 6.80. The van der Waals surface area contributed by atoms with E-state index in [2.05, 4.69) is 29.4 Å². The lowest BCUT2D eigenvalue weighted by atomic mass is 9.89. The molecule has 0 spiro atoms. The molecule has 7 nitrogen and oxygen atoms in total. The molecule has 0 bridgehead atoms. The van der Waals surface area contributed by atoms with Crippen LogP contribution in [0.1, 0.15) is 46.0 Å². The summed E-state index contributed by atoms with van der Waals surface area (Å²) in [5.41, 5.74) is -0.162. The smallest absolute Gasteiger partial charge is 0.305 e. The maximum absolute atomic E-state index is 12.2. The second-order valence-corrected chi connectivity index (χ2v) is 6.80. The number of nitrogens with one attached hydrogen (secondary N) is 1. The van der Waals surface area contributed by atoms with E-state index in [0.717, 1.165) is 32.2 Å². The van der Waals surface area contributed by atoms with Crippen molar-refractivity contribution >= 4 is 11.8 Å². The summed E-state index contributed by atoms with van der Waals surface area (Å²) in [4.78, 5) is 13.9. The Balaban J connectivity index is 1.64. The van der Waals surface area contributed by atoms with Crippen molar-refractivity contribution in [3.8, 4) is 0 Å². The van der Waals surface area contributed by atoms with Crippen molar-refractivity contribution in [2.24, 2.45) is 5.92 Å². The first kappa shape index (κ1) is 15.3. The summed E-state index contributed by atoms with van der Waals surface area (Å²) in [5.74, 6) is 0.550. The van der Waals surface area contributed by atoms with Gasteiger partial charge < -0.3 is 4.74 Å². The molecule has 3 rings (SSSR count). The zero-order valence-corrected chi connectivity index (χ0v) is 13.4. The van der Waals surface area contributed by atoms with Gasteiger partial charge in [-0.05, 0) is 26.7 Å². The molecule has 122 valence electrons. The molecule has 1 aliphatic heterocycles. The first-order chi connectivity index (χ1) is 10.6. The van der Waals surface area contributed by atoms with Gasteiger partial charge in [-0.15, -0.1) is 5.01 Å². The lowest BCUT2D eigenvalue weighted by Crippen LogP contribution is -2.71. The molecule has 0 unspecified atom stereocenters. The van der Waals surface area contributed by atoms with Crippen LogP contribution in [0.5, 0.6) is 0 Å². The quantitative estimate of drug-likeness (QED) is 0.850. The SMILES string of the molecule is CC1(C)COCCN1[n+]1cc(NC(=O)C2CCCCC2)on1. The molecule has 0 atom stereocenters. The molecule has 7 heteroatoms. The third kappa shape index (κ3) is 3.24. The molecule has 2 aliphatic rings. The number of hydrogen-bond acceptors (Lipinski definition) is 5. The Morgan fingerprint density at radius 2 is 2.18 bits per heavy atom. The molecule has 2 fully saturated rings. The van der Waals surface area contributed by atoms with E-state index in [-0.39, 0.29) is 17.4 Å². The van der Waals surface area contributed by atoms with Crippen molar-refractivity contribution in [3.05, 3.63) is 6.20 Å². The van der Waals surface area contributed by atoms with Crippen LogP contribution in [-0.4, -0.2) is 36.5 Å². The molecule has 1 saturated carbocycles. The van der Waals surface area contributed by atoms with Crippen molar-refractivity contribution in [3.63, 3.8) is 0 Å². The zero-order valence-electron chi connectivity index (χ0n) is 13.4. The minimum Gasteiger partial charge on any atom is -0.377 e. The van der Waals surface area contributed by atoms with Crippen molar-refractivity contribution < 1.29 is 18.8 Å². The summed E-state index contributed by atoms with van der Waals surface area (Å²) >= 11 is 0. The number of rotatable bonds is 3. The number of ether oxygens (including phenoxy) is 1. The van der Waals surface area contributed by atoms with Gasteiger partial charge in [-0.2, -0.15) is 0 Å². The predicted molar refractivity (Wildman–Crippen MR) is 79.9 cm³/mol. The number of nitrogens with zero attached hydrogens (tertiary/aromatic N) is 3. The summed E-state index contributed by atoms with van der Waals surface area (Å²) in [6.07, 6.45) is 7.17. The maximum Gasteiger partial charge on any atom is 0.305 e. The average Bonchev–Trinajstić information content (AvgIpc) is 2.95. The second kappa shape index (κ2) is 6.24. The molecule has 1 aromatic rings. The van der Waals surface area contributed by atoms with Crippen molar-refractivity contribution in [1.82, 2.24) is 5.27 Å². The monoisotopic (exact) mass is 309 g/mol. The lowest BCUT2D eigenvalue weighted by Gasteiger charge is -2.35. The molecular weight excluding hydrogens is 284 g/mol. The van der Waals surface area contributed by atoms with Crippen LogP contribution >= 0.6 is 0 Å². The Bertz CT molecular complexity index is 523. The van der Waals surface area contributed by atoms with Gasteiger partial charge in [0.15, 0.2) is 0 Å². The molecule has 1 saturated heterocycles. The van der Waals surface area contributed by atoms with Gasteiger partial charge in [0.05, 0.1) is 18.0 Å². The number of anilines is 1. The highest BCUT2D eigenvalue weighted by Gasteiger charge is 2.39. The molecule has 1 aromatic heterocycles. The van der Waals surface area contributed by atoms with Gasteiger partial charge in [0, 0.05) is 5.92 Å². The highest BCUT2D eigenvalue weighted by molar-refractivity contribution is 5.91. The van der Waals surface area contributed by atoms with Gasteiger partial charge in [-0.25, -0.2) is 0 Å². The maximum atomic E-state index is 12.2. The normalized spacial score (nSPS) is 22.5. The third-order valence-corrected chi connectivity index (χ3v) is 4.53. The number of carbonyl (C=O) groups is 1. The minimum absolute atomic E-state index is 0.0456. The molecule has 22 heavy (non-hydrogen) atoms. The number of aromatic nitrogens is 2. The van der Waals surface area contributed by atoms with E-state index in [1.54, 1.807) is 11.0 Å². The molecule has 2 heterocycles. The van der Waals surface area contributed by atoms with E-state index < -0.39 is 0 Å². The summed E-state index contributed by atoms with van der Waals surface area (Å²) in [6, 6.07) is 0.